The van der Waals surface area contributed by atoms with E-state index >= 15 is 0 Å². The Morgan fingerprint density at radius 3 is 2.71 bits per heavy atom. The molecule has 8 heteroatoms. The average molecular weight is 410 g/mol. The molecule has 0 aliphatic carbocycles. The fourth-order valence-electron chi connectivity index (χ4n) is 2.97. The molecule has 2 heterocycles. The maximum absolute atomic E-state index is 9.39. The highest BCUT2D eigenvalue weighted by Crippen LogP contribution is 2.36. The van der Waals surface area contributed by atoms with Crippen LogP contribution in [-0.4, -0.2) is 28.0 Å². The number of hydrogen-bond donors (Lipinski definition) is 2. The van der Waals surface area contributed by atoms with Crippen LogP contribution >= 0.6 is 23.4 Å². The Labute approximate surface area is 171 Å². The first-order valence-corrected chi connectivity index (χ1v) is 9.99. The van der Waals surface area contributed by atoms with Crippen LogP contribution in [0.5, 0.6) is 5.75 Å². The molecule has 140 valence electrons. The van der Waals surface area contributed by atoms with E-state index in [1.807, 2.05) is 30.5 Å². The number of rotatable bonds is 5. The van der Waals surface area contributed by atoms with Crippen LogP contribution in [0.1, 0.15) is 5.56 Å². The zero-order valence-electron chi connectivity index (χ0n) is 15.2. The Morgan fingerprint density at radius 2 is 2.04 bits per heavy atom. The summed E-state index contributed by atoms with van der Waals surface area (Å²) >= 11 is 7.85. The lowest BCUT2D eigenvalue weighted by Gasteiger charge is -2.12. The standard InChI is InChI=1S/C20H16ClN5OS/c1-27-17-8-5-14(21)9-16(17)24-20-18(12-3-6-15(28-2)7-4-12)25-19-13(10-22)11-23-26(19)20/h3-9,11,23-24H,1-2H3. The number of aromatic amines is 1. The van der Waals surface area contributed by atoms with Gasteiger partial charge >= 0.3 is 0 Å². The number of H-pyrrole nitrogens is 1. The van der Waals surface area contributed by atoms with Crippen molar-refractivity contribution in [2.45, 2.75) is 4.90 Å². The van der Waals surface area contributed by atoms with Crippen LogP contribution in [-0.2, 0) is 0 Å². The van der Waals surface area contributed by atoms with Crippen molar-refractivity contribution >= 4 is 40.5 Å². The van der Waals surface area contributed by atoms with E-state index in [9.17, 15) is 5.26 Å². The van der Waals surface area contributed by atoms with Crippen molar-refractivity contribution in [3.63, 3.8) is 0 Å². The second-order valence-electron chi connectivity index (χ2n) is 5.97. The van der Waals surface area contributed by atoms with E-state index < -0.39 is 0 Å². The zero-order valence-corrected chi connectivity index (χ0v) is 16.7. The molecule has 0 aliphatic rings. The van der Waals surface area contributed by atoms with Crippen LogP contribution in [0.3, 0.4) is 0 Å². The number of ether oxygens (including phenoxy) is 1. The summed E-state index contributed by atoms with van der Waals surface area (Å²) in [4.78, 5) is 5.87. The average Bonchev–Trinajstić information content (AvgIpc) is 3.28. The highest BCUT2D eigenvalue weighted by Gasteiger charge is 2.19. The number of anilines is 2. The first-order valence-electron chi connectivity index (χ1n) is 8.39. The van der Waals surface area contributed by atoms with Gasteiger partial charge in [-0.25, -0.2) is 9.50 Å². The fraction of sp³-hybridized carbons (Fsp3) is 0.100. The molecule has 4 aromatic rings. The summed E-state index contributed by atoms with van der Waals surface area (Å²) in [6, 6.07) is 15.6. The van der Waals surface area contributed by atoms with Gasteiger partial charge in [0.15, 0.2) is 11.5 Å². The normalized spacial score (nSPS) is 10.8. The number of fused-ring (bicyclic) bond motifs is 1. The van der Waals surface area contributed by atoms with Crippen LogP contribution in [0.15, 0.2) is 53.6 Å². The lowest BCUT2D eigenvalue weighted by Crippen LogP contribution is -2.00. The van der Waals surface area contributed by atoms with E-state index in [2.05, 4.69) is 16.5 Å². The van der Waals surface area contributed by atoms with Gasteiger partial charge in [0.1, 0.15) is 23.1 Å². The van der Waals surface area contributed by atoms with Crippen LogP contribution in [0.4, 0.5) is 11.5 Å². The van der Waals surface area contributed by atoms with Crippen molar-refractivity contribution < 1.29 is 4.74 Å². The number of imidazole rings is 1. The summed E-state index contributed by atoms with van der Waals surface area (Å²) in [5, 5.41) is 16.4. The van der Waals surface area contributed by atoms with Gasteiger partial charge in [0.05, 0.1) is 12.8 Å². The van der Waals surface area contributed by atoms with Gasteiger partial charge in [-0.05, 0) is 36.6 Å². The van der Waals surface area contributed by atoms with E-state index in [1.165, 1.54) is 0 Å². The first-order chi connectivity index (χ1) is 13.6. The molecule has 0 bridgehead atoms. The number of thioether (sulfide) groups is 1. The van der Waals surface area contributed by atoms with Crippen molar-refractivity contribution in [2.75, 3.05) is 18.7 Å². The van der Waals surface area contributed by atoms with Gasteiger partial charge in [0, 0.05) is 21.7 Å². The number of halogens is 1. The quantitative estimate of drug-likeness (QED) is 0.435. The summed E-state index contributed by atoms with van der Waals surface area (Å²) in [7, 11) is 1.60. The SMILES string of the molecule is COc1ccc(Cl)cc1Nc1c(-c2ccc(SC)cc2)nc2c(C#N)c[nH]n12. The van der Waals surface area contributed by atoms with Gasteiger partial charge < -0.3 is 10.1 Å². The molecule has 0 spiro atoms. The summed E-state index contributed by atoms with van der Waals surface area (Å²) in [6.45, 7) is 0. The molecule has 0 aliphatic heterocycles. The van der Waals surface area contributed by atoms with Crippen molar-refractivity contribution in [1.82, 2.24) is 14.6 Å². The number of nitriles is 1. The molecule has 2 N–H and O–H groups in total. The topological polar surface area (TPSA) is 78.1 Å². The molecule has 2 aromatic heterocycles. The third-order valence-corrected chi connectivity index (χ3v) is 5.33. The van der Waals surface area contributed by atoms with Gasteiger partial charge in [0.2, 0.25) is 0 Å². The minimum atomic E-state index is 0.466. The van der Waals surface area contributed by atoms with E-state index in [4.69, 9.17) is 21.3 Å². The summed E-state index contributed by atoms with van der Waals surface area (Å²) in [5.41, 5.74) is 3.37. The number of nitrogens with one attached hydrogen (secondary N) is 2. The number of aromatic nitrogens is 3. The smallest absolute Gasteiger partial charge is 0.173 e. The second-order valence-corrected chi connectivity index (χ2v) is 7.28. The molecule has 0 atom stereocenters. The molecular weight excluding hydrogens is 394 g/mol. The maximum atomic E-state index is 9.39. The van der Waals surface area contributed by atoms with Gasteiger partial charge in [-0.15, -0.1) is 11.8 Å². The molecule has 0 fully saturated rings. The Morgan fingerprint density at radius 1 is 1.25 bits per heavy atom. The van der Waals surface area contributed by atoms with Crippen molar-refractivity contribution in [3.8, 4) is 23.1 Å². The van der Waals surface area contributed by atoms with Gasteiger partial charge in [-0.2, -0.15) is 5.26 Å². The van der Waals surface area contributed by atoms with Crippen LogP contribution in [0, 0.1) is 11.3 Å². The summed E-state index contributed by atoms with van der Waals surface area (Å²) < 4.78 is 7.19. The van der Waals surface area contributed by atoms with Gasteiger partial charge in [-0.1, -0.05) is 23.7 Å². The Bertz CT molecular complexity index is 1190. The monoisotopic (exact) mass is 409 g/mol. The highest BCUT2D eigenvalue weighted by molar-refractivity contribution is 7.98. The van der Waals surface area contributed by atoms with Crippen molar-refractivity contribution in [2.24, 2.45) is 0 Å². The van der Waals surface area contributed by atoms with E-state index in [-0.39, 0.29) is 0 Å². The molecule has 2 aromatic carbocycles. The predicted octanol–water partition coefficient (Wildman–Crippen LogP) is 5.33. The molecular formula is C20H16ClN5OS. The molecule has 28 heavy (non-hydrogen) atoms. The summed E-state index contributed by atoms with van der Waals surface area (Å²) in [5.74, 6) is 1.34. The van der Waals surface area contributed by atoms with E-state index in [1.54, 1.807) is 47.8 Å². The highest BCUT2D eigenvalue weighted by atomic mass is 35.5. The van der Waals surface area contributed by atoms with Gasteiger partial charge in [0.25, 0.3) is 0 Å². The van der Waals surface area contributed by atoms with Crippen LogP contribution in [0.2, 0.25) is 5.02 Å². The number of nitrogens with zero attached hydrogens (tertiary/aromatic N) is 3. The lowest BCUT2D eigenvalue weighted by atomic mass is 10.1. The van der Waals surface area contributed by atoms with Crippen LogP contribution < -0.4 is 10.1 Å². The molecule has 0 saturated carbocycles. The first kappa shape index (κ1) is 18.3. The Kier molecular flexibility index (Phi) is 4.90. The molecule has 6 nitrogen and oxygen atoms in total. The Balaban J connectivity index is 1.89. The molecule has 4 rings (SSSR count). The van der Waals surface area contributed by atoms with Gasteiger partial charge in [-0.3, -0.25) is 5.10 Å². The second kappa shape index (κ2) is 7.50. The third-order valence-electron chi connectivity index (χ3n) is 4.35. The fourth-order valence-corrected chi connectivity index (χ4v) is 3.55. The number of hydrogen-bond acceptors (Lipinski definition) is 5. The largest absolute Gasteiger partial charge is 0.495 e. The molecule has 0 unspecified atom stereocenters. The van der Waals surface area contributed by atoms with E-state index in [0.29, 0.717) is 33.5 Å². The minimum absolute atomic E-state index is 0.466. The zero-order chi connectivity index (χ0) is 19.7. The van der Waals surface area contributed by atoms with Crippen molar-refractivity contribution in [3.05, 3.63) is 59.2 Å². The molecule has 0 saturated heterocycles. The Hall–Kier alpha value is -3.08. The minimum Gasteiger partial charge on any atom is -0.495 e. The predicted molar refractivity (Wildman–Crippen MR) is 113 cm³/mol. The number of benzene rings is 2. The lowest BCUT2D eigenvalue weighted by molar-refractivity contribution is 0.417. The van der Waals surface area contributed by atoms with Crippen molar-refractivity contribution in [1.29, 1.82) is 5.26 Å². The van der Waals surface area contributed by atoms with E-state index in [0.717, 1.165) is 16.2 Å². The maximum Gasteiger partial charge on any atom is 0.173 e. The molecule has 0 amide bonds. The number of methoxy groups -OCH3 is 1. The summed E-state index contributed by atoms with van der Waals surface area (Å²) in [6.07, 6.45) is 3.66. The molecule has 0 radical (unpaired) electrons. The van der Waals surface area contributed by atoms with Crippen LogP contribution in [0.25, 0.3) is 16.9 Å². The third kappa shape index (κ3) is 3.17.